The zero-order valence-electron chi connectivity index (χ0n) is 15.1. The highest BCUT2D eigenvalue weighted by Crippen LogP contribution is 2.41. The van der Waals surface area contributed by atoms with Crippen molar-refractivity contribution in [3.8, 4) is 0 Å². The summed E-state index contributed by atoms with van der Waals surface area (Å²) >= 11 is 0. The van der Waals surface area contributed by atoms with Gasteiger partial charge in [-0.2, -0.15) is 0 Å². The Hall–Kier alpha value is -3.48. The molecule has 1 fully saturated rings. The minimum Gasteiger partial charge on any atom is -0.369 e. The summed E-state index contributed by atoms with van der Waals surface area (Å²) in [5.41, 5.74) is 6.98. The third kappa shape index (κ3) is 2.94. The van der Waals surface area contributed by atoms with Crippen molar-refractivity contribution in [3.63, 3.8) is 0 Å². The first-order chi connectivity index (χ1) is 13.5. The standard InChI is InChI=1S/C21H20N4O3/c22-19(27)21(11-6-12-21)20(28)25-17-18(26)23-15-10-5-4-9-14(15)16(24-17)13-7-2-1-3-8-13/h1-5,7-10,17H,6,11-12H2,(H2,22,27)(H,23,26)(H,25,28). The van der Waals surface area contributed by atoms with Crippen molar-refractivity contribution >= 4 is 29.1 Å². The van der Waals surface area contributed by atoms with Crippen molar-refractivity contribution in [2.24, 2.45) is 16.1 Å². The van der Waals surface area contributed by atoms with Crippen LogP contribution in [0.3, 0.4) is 0 Å². The van der Waals surface area contributed by atoms with Gasteiger partial charge in [0.15, 0.2) is 0 Å². The second-order valence-corrected chi connectivity index (χ2v) is 7.05. The third-order valence-corrected chi connectivity index (χ3v) is 5.38. The first kappa shape index (κ1) is 17.9. The number of nitrogens with zero attached hydrogens (tertiary/aromatic N) is 1. The van der Waals surface area contributed by atoms with E-state index in [1.807, 2.05) is 48.5 Å². The topological polar surface area (TPSA) is 114 Å². The number of para-hydroxylation sites is 1. The van der Waals surface area contributed by atoms with Crippen molar-refractivity contribution in [1.29, 1.82) is 0 Å². The van der Waals surface area contributed by atoms with Crippen LogP contribution in [0.15, 0.2) is 59.6 Å². The van der Waals surface area contributed by atoms with E-state index in [-0.39, 0.29) is 0 Å². The van der Waals surface area contributed by atoms with Gasteiger partial charge >= 0.3 is 0 Å². The van der Waals surface area contributed by atoms with Crippen LogP contribution in [0.2, 0.25) is 0 Å². The summed E-state index contributed by atoms with van der Waals surface area (Å²) < 4.78 is 0. The van der Waals surface area contributed by atoms with E-state index in [9.17, 15) is 14.4 Å². The van der Waals surface area contributed by atoms with Gasteiger partial charge in [-0.15, -0.1) is 0 Å². The molecule has 0 radical (unpaired) electrons. The molecule has 2 aliphatic rings. The second-order valence-electron chi connectivity index (χ2n) is 7.05. The molecule has 1 aliphatic heterocycles. The Labute approximate surface area is 162 Å². The van der Waals surface area contributed by atoms with Gasteiger partial charge in [0.2, 0.25) is 18.0 Å². The minimum absolute atomic E-state index is 0.387. The number of nitrogens with two attached hydrogens (primary N) is 1. The summed E-state index contributed by atoms with van der Waals surface area (Å²) in [6, 6.07) is 16.8. The molecule has 2 aromatic carbocycles. The molecule has 0 bridgehead atoms. The second kappa shape index (κ2) is 6.92. The SMILES string of the molecule is NC(=O)C1(C(=O)NC2N=C(c3ccccc3)c3ccccc3NC2=O)CCC1. The fourth-order valence-corrected chi connectivity index (χ4v) is 3.56. The third-order valence-electron chi connectivity index (χ3n) is 5.38. The average Bonchev–Trinajstić information content (AvgIpc) is 2.78. The number of anilines is 1. The molecule has 1 aliphatic carbocycles. The predicted molar refractivity (Wildman–Crippen MR) is 105 cm³/mol. The monoisotopic (exact) mass is 376 g/mol. The van der Waals surface area contributed by atoms with E-state index in [1.54, 1.807) is 6.07 Å². The van der Waals surface area contributed by atoms with E-state index in [0.29, 0.717) is 24.2 Å². The number of fused-ring (bicyclic) bond motifs is 1. The van der Waals surface area contributed by atoms with Crippen molar-refractivity contribution in [3.05, 3.63) is 65.7 Å². The van der Waals surface area contributed by atoms with Gasteiger partial charge in [-0.05, 0) is 18.9 Å². The molecule has 1 saturated carbocycles. The summed E-state index contributed by atoms with van der Waals surface area (Å²) in [4.78, 5) is 41.9. The average molecular weight is 376 g/mol. The Balaban J connectivity index is 1.73. The highest BCUT2D eigenvalue weighted by atomic mass is 16.2. The van der Waals surface area contributed by atoms with Crippen molar-refractivity contribution in [2.75, 3.05) is 5.32 Å². The molecule has 1 heterocycles. The fourth-order valence-electron chi connectivity index (χ4n) is 3.56. The molecule has 2 aromatic rings. The van der Waals surface area contributed by atoms with Gasteiger partial charge in [-0.3, -0.25) is 14.4 Å². The largest absolute Gasteiger partial charge is 0.369 e. The summed E-state index contributed by atoms with van der Waals surface area (Å²) in [6.07, 6.45) is 0.361. The molecule has 0 spiro atoms. The molecule has 0 aromatic heterocycles. The molecular weight excluding hydrogens is 356 g/mol. The molecule has 142 valence electrons. The van der Waals surface area contributed by atoms with E-state index < -0.39 is 29.3 Å². The molecule has 4 rings (SSSR count). The van der Waals surface area contributed by atoms with Crippen LogP contribution in [0.4, 0.5) is 5.69 Å². The first-order valence-corrected chi connectivity index (χ1v) is 9.16. The smallest absolute Gasteiger partial charge is 0.269 e. The van der Waals surface area contributed by atoms with E-state index in [0.717, 1.165) is 17.5 Å². The van der Waals surface area contributed by atoms with Gasteiger partial charge in [0.05, 0.1) is 11.4 Å². The number of hydrogen-bond acceptors (Lipinski definition) is 4. The van der Waals surface area contributed by atoms with Crippen molar-refractivity contribution in [2.45, 2.75) is 25.4 Å². The summed E-state index contributed by atoms with van der Waals surface area (Å²) in [6.45, 7) is 0. The molecule has 7 heteroatoms. The van der Waals surface area contributed by atoms with Crippen LogP contribution >= 0.6 is 0 Å². The lowest BCUT2D eigenvalue weighted by Crippen LogP contribution is -2.57. The number of benzodiazepines with no additional fused rings is 1. The number of nitrogens with one attached hydrogen (secondary N) is 2. The van der Waals surface area contributed by atoms with Gasteiger partial charge < -0.3 is 16.4 Å². The van der Waals surface area contributed by atoms with Crippen molar-refractivity contribution < 1.29 is 14.4 Å². The van der Waals surface area contributed by atoms with Crippen LogP contribution in [-0.2, 0) is 14.4 Å². The maximum Gasteiger partial charge on any atom is 0.269 e. The highest BCUT2D eigenvalue weighted by molar-refractivity contribution is 6.20. The number of hydrogen-bond donors (Lipinski definition) is 3. The molecule has 7 nitrogen and oxygen atoms in total. The molecular formula is C21H20N4O3. The number of amides is 3. The zero-order chi connectivity index (χ0) is 19.7. The van der Waals surface area contributed by atoms with Gasteiger partial charge in [-0.1, -0.05) is 55.0 Å². The van der Waals surface area contributed by atoms with Crippen LogP contribution < -0.4 is 16.4 Å². The van der Waals surface area contributed by atoms with E-state index in [4.69, 9.17) is 5.73 Å². The first-order valence-electron chi connectivity index (χ1n) is 9.16. The van der Waals surface area contributed by atoms with Crippen LogP contribution in [0.1, 0.15) is 30.4 Å². The van der Waals surface area contributed by atoms with Crippen LogP contribution in [-0.4, -0.2) is 29.6 Å². The van der Waals surface area contributed by atoms with E-state index in [1.165, 1.54) is 0 Å². The lowest BCUT2D eigenvalue weighted by molar-refractivity contribution is -0.148. The van der Waals surface area contributed by atoms with Crippen LogP contribution in [0.25, 0.3) is 0 Å². The Morgan fingerprint density at radius 1 is 1.07 bits per heavy atom. The predicted octanol–water partition coefficient (Wildman–Crippen LogP) is 1.57. The molecule has 4 N–H and O–H groups in total. The maximum absolute atomic E-state index is 12.8. The fraction of sp³-hybridized carbons (Fsp3) is 0.238. The lowest BCUT2D eigenvalue weighted by atomic mass is 9.67. The lowest BCUT2D eigenvalue weighted by Gasteiger charge is -2.37. The Morgan fingerprint density at radius 2 is 1.75 bits per heavy atom. The number of aliphatic imine (C=N–C) groups is 1. The van der Waals surface area contributed by atoms with Gasteiger partial charge in [0.25, 0.3) is 5.91 Å². The summed E-state index contributed by atoms with van der Waals surface area (Å²) in [5.74, 6) is -1.68. The minimum atomic E-state index is -1.25. The summed E-state index contributed by atoms with van der Waals surface area (Å²) in [5, 5.41) is 5.44. The molecule has 1 atom stereocenters. The molecule has 28 heavy (non-hydrogen) atoms. The Morgan fingerprint density at radius 3 is 2.39 bits per heavy atom. The number of rotatable bonds is 4. The van der Waals surface area contributed by atoms with Gasteiger partial charge in [0.1, 0.15) is 5.41 Å². The number of benzene rings is 2. The molecule has 0 saturated heterocycles. The zero-order valence-corrected chi connectivity index (χ0v) is 15.1. The molecule has 3 amide bonds. The Kier molecular flexibility index (Phi) is 4.43. The number of carbonyl (C=O) groups is 3. The number of primary amides is 1. The number of carbonyl (C=O) groups excluding carboxylic acids is 3. The van der Waals surface area contributed by atoms with Gasteiger partial charge in [0, 0.05) is 11.1 Å². The van der Waals surface area contributed by atoms with Crippen LogP contribution in [0, 0.1) is 5.41 Å². The van der Waals surface area contributed by atoms with Gasteiger partial charge in [-0.25, -0.2) is 4.99 Å². The van der Waals surface area contributed by atoms with Crippen molar-refractivity contribution in [1.82, 2.24) is 5.32 Å². The maximum atomic E-state index is 12.8. The molecule has 1 unspecified atom stereocenters. The summed E-state index contributed by atoms with van der Waals surface area (Å²) in [7, 11) is 0. The normalized spacial score (nSPS) is 19.9. The highest BCUT2D eigenvalue weighted by Gasteiger charge is 2.50. The Bertz CT molecular complexity index is 980. The van der Waals surface area contributed by atoms with E-state index >= 15 is 0 Å². The van der Waals surface area contributed by atoms with Crippen LogP contribution in [0.5, 0.6) is 0 Å². The van der Waals surface area contributed by atoms with E-state index in [2.05, 4.69) is 15.6 Å². The quantitative estimate of drug-likeness (QED) is 0.704.